The number of carbonyl (C=O) groups is 2. The van der Waals surface area contributed by atoms with E-state index in [0.29, 0.717) is 29.5 Å². The fourth-order valence-corrected chi connectivity index (χ4v) is 5.02. The fourth-order valence-electron chi connectivity index (χ4n) is 4.61. The van der Waals surface area contributed by atoms with E-state index < -0.39 is 5.91 Å². The number of urea groups is 1. The van der Waals surface area contributed by atoms with Gasteiger partial charge in [-0.25, -0.2) is 4.79 Å². The molecule has 0 atom stereocenters. The number of fused-ring (bicyclic) bond motifs is 1. The highest BCUT2D eigenvalue weighted by Crippen LogP contribution is 2.37. The topological polar surface area (TPSA) is 92.8 Å². The summed E-state index contributed by atoms with van der Waals surface area (Å²) in [5, 5.41) is 3.29. The lowest BCUT2D eigenvalue weighted by atomic mass is 10.1. The number of nitrogens with one attached hydrogen (secondary N) is 1. The lowest BCUT2D eigenvalue weighted by Gasteiger charge is -2.30. The Morgan fingerprint density at radius 2 is 1.65 bits per heavy atom. The van der Waals surface area contributed by atoms with Crippen molar-refractivity contribution in [3.63, 3.8) is 0 Å². The van der Waals surface area contributed by atoms with Gasteiger partial charge in [0.1, 0.15) is 0 Å². The second-order valence-corrected chi connectivity index (χ2v) is 8.74. The second kappa shape index (κ2) is 9.40. The van der Waals surface area contributed by atoms with E-state index in [1.165, 1.54) is 0 Å². The summed E-state index contributed by atoms with van der Waals surface area (Å²) in [5.41, 5.74) is 10.1. The van der Waals surface area contributed by atoms with Gasteiger partial charge < -0.3 is 30.2 Å². The van der Waals surface area contributed by atoms with Gasteiger partial charge in [0.15, 0.2) is 0 Å². The van der Waals surface area contributed by atoms with Crippen molar-refractivity contribution in [3.8, 4) is 11.3 Å². The van der Waals surface area contributed by atoms with Crippen LogP contribution in [0.2, 0.25) is 5.02 Å². The SMILES string of the molecule is NC(=O)c1c(Cl)c(-c2ccccc2)n2c1CN(C(=O)Nc1ccc(N3CCOCC3)cc1)CC2. The number of aromatic nitrogens is 1. The number of amides is 3. The van der Waals surface area contributed by atoms with Crippen molar-refractivity contribution in [2.24, 2.45) is 5.73 Å². The van der Waals surface area contributed by atoms with Crippen molar-refractivity contribution in [2.75, 3.05) is 43.1 Å². The van der Waals surface area contributed by atoms with Crippen molar-refractivity contribution in [1.82, 2.24) is 9.47 Å². The third kappa shape index (κ3) is 4.22. The third-order valence-electron chi connectivity index (χ3n) is 6.32. The molecule has 8 nitrogen and oxygen atoms in total. The van der Waals surface area contributed by atoms with Crippen LogP contribution in [-0.4, -0.2) is 54.3 Å². The lowest BCUT2D eigenvalue weighted by molar-refractivity contribution is 0.0997. The van der Waals surface area contributed by atoms with Gasteiger partial charge in [0, 0.05) is 37.6 Å². The molecule has 0 saturated carbocycles. The molecule has 34 heavy (non-hydrogen) atoms. The number of hydrogen-bond acceptors (Lipinski definition) is 4. The van der Waals surface area contributed by atoms with Gasteiger partial charge in [-0.3, -0.25) is 4.79 Å². The van der Waals surface area contributed by atoms with E-state index in [1.807, 2.05) is 59.2 Å². The Bertz CT molecular complexity index is 1200. The van der Waals surface area contributed by atoms with Crippen LogP contribution in [-0.2, 0) is 17.8 Å². The van der Waals surface area contributed by atoms with Crippen molar-refractivity contribution in [3.05, 3.63) is 70.9 Å². The number of carbonyl (C=O) groups excluding carboxylic acids is 2. The van der Waals surface area contributed by atoms with Crippen LogP contribution in [0.4, 0.5) is 16.2 Å². The zero-order chi connectivity index (χ0) is 23.7. The molecule has 9 heteroatoms. The summed E-state index contributed by atoms with van der Waals surface area (Å²) in [4.78, 5) is 29.2. The number of hydrogen-bond donors (Lipinski definition) is 2. The Morgan fingerprint density at radius 1 is 0.941 bits per heavy atom. The number of anilines is 2. The molecule has 0 radical (unpaired) electrons. The number of morpholine rings is 1. The molecule has 1 fully saturated rings. The van der Waals surface area contributed by atoms with Crippen LogP contribution in [0.15, 0.2) is 54.6 Å². The Morgan fingerprint density at radius 3 is 2.32 bits per heavy atom. The standard InChI is InChI=1S/C25H26ClN5O3/c26-22-21(24(27)32)20-16-30(10-11-31(20)23(22)17-4-2-1-3-5-17)25(33)28-18-6-8-19(9-7-18)29-12-14-34-15-13-29/h1-9H,10-16H2,(H2,27,32)(H,28,33). The normalized spacial score (nSPS) is 15.7. The van der Waals surface area contributed by atoms with E-state index in [-0.39, 0.29) is 18.1 Å². The summed E-state index contributed by atoms with van der Waals surface area (Å²) in [6.07, 6.45) is 0. The highest BCUT2D eigenvalue weighted by atomic mass is 35.5. The summed E-state index contributed by atoms with van der Waals surface area (Å²) in [7, 11) is 0. The summed E-state index contributed by atoms with van der Waals surface area (Å²) in [6.45, 7) is 4.38. The van der Waals surface area contributed by atoms with Crippen LogP contribution in [0, 0.1) is 0 Å². The molecule has 2 aliphatic rings. The molecule has 3 aromatic rings. The number of nitrogens with two attached hydrogens (primary N) is 1. The van der Waals surface area contributed by atoms with E-state index in [1.54, 1.807) is 4.90 Å². The second-order valence-electron chi connectivity index (χ2n) is 8.36. The third-order valence-corrected chi connectivity index (χ3v) is 6.69. The van der Waals surface area contributed by atoms with Gasteiger partial charge >= 0.3 is 6.03 Å². The minimum atomic E-state index is -0.600. The van der Waals surface area contributed by atoms with Crippen LogP contribution in [0.3, 0.4) is 0 Å². The highest BCUT2D eigenvalue weighted by molar-refractivity contribution is 6.36. The first-order chi connectivity index (χ1) is 16.5. The molecular formula is C25H26ClN5O3. The molecule has 1 aromatic heterocycles. The van der Waals surface area contributed by atoms with E-state index in [4.69, 9.17) is 22.1 Å². The molecule has 1 saturated heterocycles. The average molecular weight is 480 g/mol. The van der Waals surface area contributed by atoms with Crippen LogP contribution in [0.5, 0.6) is 0 Å². The number of nitrogens with zero attached hydrogens (tertiary/aromatic N) is 3. The predicted octanol–water partition coefficient (Wildman–Crippen LogP) is 3.79. The molecule has 3 N–H and O–H groups in total. The van der Waals surface area contributed by atoms with Crippen molar-refractivity contribution in [2.45, 2.75) is 13.1 Å². The molecule has 0 spiro atoms. The predicted molar refractivity (Wildman–Crippen MR) is 132 cm³/mol. The first kappa shape index (κ1) is 22.3. The Labute approximate surface area is 202 Å². The zero-order valence-corrected chi connectivity index (χ0v) is 19.4. The van der Waals surface area contributed by atoms with Crippen molar-refractivity contribution in [1.29, 1.82) is 0 Å². The number of halogens is 1. The first-order valence-electron chi connectivity index (χ1n) is 11.3. The Balaban J connectivity index is 1.34. The largest absolute Gasteiger partial charge is 0.378 e. The molecule has 0 aliphatic carbocycles. The van der Waals surface area contributed by atoms with Crippen LogP contribution < -0.4 is 16.0 Å². The lowest BCUT2D eigenvalue weighted by Crippen LogP contribution is -2.41. The Kier molecular flexibility index (Phi) is 6.17. The summed E-state index contributed by atoms with van der Waals surface area (Å²) >= 11 is 6.63. The smallest absolute Gasteiger partial charge is 0.322 e. The van der Waals surface area contributed by atoms with Gasteiger partial charge in [-0.05, 0) is 29.8 Å². The summed E-state index contributed by atoms with van der Waals surface area (Å²) < 4.78 is 7.40. The number of benzene rings is 2. The number of primary amides is 1. The van der Waals surface area contributed by atoms with Crippen LogP contribution >= 0.6 is 11.6 Å². The first-order valence-corrected chi connectivity index (χ1v) is 11.7. The van der Waals surface area contributed by atoms with Gasteiger partial charge in [-0.1, -0.05) is 41.9 Å². The summed E-state index contributed by atoms with van der Waals surface area (Å²) in [6, 6.07) is 17.2. The highest BCUT2D eigenvalue weighted by Gasteiger charge is 2.31. The molecular weight excluding hydrogens is 454 g/mol. The number of ether oxygens (including phenoxy) is 1. The quantitative estimate of drug-likeness (QED) is 0.595. The van der Waals surface area contributed by atoms with E-state index in [2.05, 4.69) is 10.2 Å². The van der Waals surface area contributed by atoms with Gasteiger partial charge in [0.05, 0.1) is 41.7 Å². The maximum atomic E-state index is 13.0. The van der Waals surface area contributed by atoms with E-state index in [9.17, 15) is 9.59 Å². The van der Waals surface area contributed by atoms with E-state index in [0.717, 1.165) is 43.2 Å². The minimum Gasteiger partial charge on any atom is -0.378 e. The van der Waals surface area contributed by atoms with Gasteiger partial charge in [0.2, 0.25) is 0 Å². The van der Waals surface area contributed by atoms with Gasteiger partial charge in [-0.15, -0.1) is 0 Å². The number of rotatable bonds is 4. The molecule has 3 amide bonds. The Hall–Kier alpha value is -3.49. The minimum absolute atomic E-state index is 0.237. The fraction of sp³-hybridized carbons (Fsp3) is 0.280. The zero-order valence-electron chi connectivity index (χ0n) is 18.7. The van der Waals surface area contributed by atoms with Crippen molar-refractivity contribution < 1.29 is 14.3 Å². The maximum absolute atomic E-state index is 13.0. The summed E-state index contributed by atoms with van der Waals surface area (Å²) in [5.74, 6) is -0.600. The monoisotopic (exact) mass is 479 g/mol. The average Bonchev–Trinajstić information content (AvgIpc) is 3.16. The molecule has 2 aromatic carbocycles. The molecule has 2 aliphatic heterocycles. The molecule has 0 unspecified atom stereocenters. The van der Waals surface area contributed by atoms with Crippen LogP contribution in [0.25, 0.3) is 11.3 Å². The van der Waals surface area contributed by atoms with Gasteiger partial charge in [-0.2, -0.15) is 0 Å². The maximum Gasteiger partial charge on any atom is 0.322 e. The molecule has 176 valence electrons. The molecule has 5 rings (SSSR count). The van der Waals surface area contributed by atoms with Crippen molar-refractivity contribution >= 4 is 34.9 Å². The molecule has 3 heterocycles. The molecule has 0 bridgehead atoms. The van der Waals surface area contributed by atoms with Gasteiger partial charge in [0.25, 0.3) is 5.91 Å². The van der Waals surface area contributed by atoms with E-state index >= 15 is 0 Å². The van der Waals surface area contributed by atoms with Crippen LogP contribution in [0.1, 0.15) is 16.1 Å².